The third-order valence-electron chi connectivity index (χ3n) is 4.09. The molecule has 1 aliphatic heterocycles. The lowest BCUT2D eigenvalue weighted by Gasteiger charge is -2.10. The summed E-state index contributed by atoms with van der Waals surface area (Å²) < 4.78 is 24.1. The van der Waals surface area contributed by atoms with Crippen molar-refractivity contribution in [2.75, 3.05) is 13.2 Å². The molecule has 0 aliphatic carbocycles. The van der Waals surface area contributed by atoms with E-state index in [4.69, 9.17) is 21.1 Å². The van der Waals surface area contributed by atoms with E-state index in [1.807, 2.05) is 0 Å². The molecule has 30 heavy (non-hydrogen) atoms. The van der Waals surface area contributed by atoms with Crippen molar-refractivity contribution < 1.29 is 28.2 Å². The summed E-state index contributed by atoms with van der Waals surface area (Å²) in [5.41, 5.74) is 0.923. The Morgan fingerprint density at radius 1 is 1.20 bits per heavy atom. The van der Waals surface area contributed by atoms with Crippen LogP contribution in [0.4, 0.5) is 9.18 Å². The number of ether oxygens (including phenoxy) is 2. The summed E-state index contributed by atoms with van der Waals surface area (Å²) in [7, 11) is 0. The number of esters is 1. The fraction of sp³-hybridized carbons (Fsp3) is 0.190. The van der Waals surface area contributed by atoms with Crippen LogP contribution in [-0.2, 0) is 20.9 Å². The van der Waals surface area contributed by atoms with E-state index < -0.39 is 29.5 Å². The fourth-order valence-electron chi connectivity index (χ4n) is 2.61. The molecule has 1 aliphatic rings. The highest BCUT2D eigenvalue weighted by Crippen LogP contribution is 2.32. The minimum atomic E-state index is -0.641. The largest absolute Gasteiger partial charge is 0.489 e. The molecule has 0 N–H and O–H groups in total. The summed E-state index contributed by atoms with van der Waals surface area (Å²) in [6.07, 6.45) is 1.55. The maximum atomic E-state index is 13.8. The number of hydrogen-bond donors (Lipinski definition) is 0. The first-order valence-electron chi connectivity index (χ1n) is 8.95. The lowest BCUT2D eigenvalue weighted by atomic mass is 10.2. The highest BCUT2D eigenvalue weighted by Gasteiger charge is 2.36. The monoisotopic (exact) mass is 449 g/mol. The second kappa shape index (κ2) is 9.77. The van der Waals surface area contributed by atoms with Crippen LogP contribution in [0.15, 0.2) is 47.4 Å². The van der Waals surface area contributed by atoms with Crippen molar-refractivity contribution in [2.45, 2.75) is 13.5 Å². The molecule has 1 heterocycles. The molecule has 0 bridgehead atoms. The van der Waals surface area contributed by atoms with Crippen molar-refractivity contribution in [2.24, 2.45) is 0 Å². The molecule has 3 rings (SSSR count). The summed E-state index contributed by atoms with van der Waals surface area (Å²) in [6.45, 7) is 1.37. The third-order valence-corrected chi connectivity index (χ3v) is 5.35. The zero-order valence-corrected chi connectivity index (χ0v) is 17.5. The Balaban J connectivity index is 1.65. The van der Waals surface area contributed by atoms with Crippen molar-refractivity contribution in [3.63, 3.8) is 0 Å². The highest BCUT2D eigenvalue weighted by atomic mass is 35.5. The molecule has 9 heteroatoms. The number of carbonyl (C=O) groups excluding carboxylic acids is 3. The van der Waals surface area contributed by atoms with Gasteiger partial charge in [-0.25, -0.2) is 4.39 Å². The fourth-order valence-corrected chi connectivity index (χ4v) is 3.67. The van der Waals surface area contributed by atoms with Crippen LogP contribution in [0.1, 0.15) is 18.1 Å². The van der Waals surface area contributed by atoms with Crippen LogP contribution in [-0.4, -0.2) is 35.2 Å². The average molecular weight is 450 g/mol. The Kier molecular flexibility index (Phi) is 7.12. The number of hydrogen-bond acceptors (Lipinski definition) is 6. The molecule has 156 valence electrons. The van der Waals surface area contributed by atoms with Gasteiger partial charge in [0.15, 0.2) is 0 Å². The van der Waals surface area contributed by atoms with Gasteiger partial charge in [-0.05, 0) is 54.6 Å². The standard InChI is InChI=1S/C21H17ClFNO5S/c1-2-28-19(25)11-24-20(26)18(30-21(24)27)10-13-6-8-14(9-7-13)29-12-15-16(22)4-3-5-17(15)23/h3-10H,2,11-12H2,1H3/b18-10-. The molecule has 0 saturated carbocycles. The molecule has 0 spiro atoms. The van der Waals surface area contributed by atoms with Crippen LogP contribution < -0.4 is 4.74 Å². The number of imide groups is 1. The third kappa shape index (κ3) is 5.20. The van der Waals surface area contributed by atoms with Gasteiger partial charge in [0.25, 0.3) is 11.1 Å². The molecule has 0 aromatic heterocycles. The topological polar surface area (TPSA) is 72.9 Å². The molecular weight excluding hydrogens is 433 g/mol. The molecule has 1 saturated heterocycles. The van der Waals surface area contributed by atoms with Crippen LogP contribution in [0.5, 0.6) is 5.75 Å². The number of benzene rings is 2. The molecule has 2 aromatic rings. The van der Waals surface area contributed by atoms with Crippen LogP contribution in [0, 0.1) is 5.82 Å². The molecule has 0 unspecified atom stereocenters. The van der Waals surface area contributed by atoms with Gasteiger partial charge in [0.05, 0.1) is 16.5 Å². The van der Waals surface area contributed by atoms with E-state index in [0.29, 0.717) is 11.3 Å². The number of halogens is 2. The van der Waals surface area contributed by atoms with Crippen molar-refractivity contribution in [1.29, 1.82) is 0 Å². The summed E-state index contributed by atoms with van der Waals surface area (Å²) in [4.78, 5) is 37.0. The van der Waals surface area contributed by atoms with Gasteiger partial charge in [0.2, 0.25) is 0 Å². The Morgan fingerprint density at radius 2 is 1.93 bits per heavy atom. The maximum absolute atomic E-state index is 13.8. The van der Waals surface area contributed by atoms with E-state index in [2.05, 4.69) is 0 Å². The van der Waals surface area contributed by atoms with E-state index in [1.54, 1.807) is 43.3 Å². The number of rotatable bonds is 7. The lowest BCUT2D eigenvalue weighted by Crippen LogP contribution is -2.34. The van der Waals surface area contributed by atoms with Gasteiger partial charge in [-0.15, -0.1) is 0 Å². The van der Waals surface area contributed by atoms with Crippen LogP contribution in [0.3, 0.4) is 0 Å². The maximum Gasteiger partial charge on any atom is 0.326 e. The quantitative estimate of drug-likeness (QED) is 0.452. The molecule has 6 nitrogen and oxygen atoms in total. The van der Waals surface area contributed by atoms with E-state index in [-0.39, 0.29) is 28.7 Å². The Bertz CT molecular complexity index is 989. The predicted octanol–water partition coefficient (Wildman–Crippen LogP) is 4.66. The summed E-state index contributed by atoms with van der Waals surface area (Å²) >= 11 is 6.73. The highest BCUT2D eigenvalue weighted by molar-refractivity contribution is 8.18. The van der Waals surface area contributed by atoms with Crippen molar-refractivity contribution in [1.82, 2.24) is 4.90 Å². The first-order chi connectivity index (χ1) is 14.4. The van der Waals surface area contributed by atoms with Gasteiger partial charge in [0.1, 0.15) is 24.7 Å². The second-order valence-corrected chi connectivity index (χ2v) is 7.53. The van der Waals surface area contributed by atoms with Crippen molar-refractivity contribution >= 4 is 46.6 Å². The Hall–Kier alpha value is -2.84. The molecule has 2 amide bonds. The zero-order valence-electron chi connectivity index (χ0n) is 15.9. The number of carbonyl (C=O) groups is 3. The zero-order chi connectivity index (χ0) is 21.7. The molecule has 2 aromatic carbocycles. The lowest BCUT2D eigenvalue weighted by molar-refractivity contribution is -0.145. The van der Waals surface area contributed by atoms with Crippen molar-refractivity contribution in [3.05, 3.63) is 69.3 Å². The molecular formula is C21H17ClFNO5S. The smallest absolute Gasteiger partial charge is 0.326 e. The van der Waals surface area contributed by atoms with E-state index >= 15 is 0 Å². The minimum absolute atomic E-state index is 0.0302. The Labute approximate surface area is 181 Å². The van der Waals surface area contributed by atoms with E-state index in [1.165, 1.54) is 12.1 Å². The first kappa shape index (κ1) is 21.9. The SMILES string of the molecule is CCOC(=O)CN1C(=O)S/C(=C\c2ccc(OCc3c(F)cccc3Cl)cc2)C1=O. The second-order valence-electron chi connectivity index (χ2n) is 6.13. The van der Waals surface area contributed by atoms with E-state index in [9.17, 15) is 18.8 Å². The van der Waals surface area contributed by atoms with Crippen molar-refractivity contribution in [3.8, 4) is 5.75 Å². The van der Waals surface area contributed by atoms with Gasteiger partial charge in [0, 0.05) is 5.56 Å². The normalized spacial score (nSPS) is 15.0. The van der Waals surface area contributed by atoms with Gasteiger partial charge < -0.3 is 9.47 Å². The average Bonchev–Trinajstić information content (AvgIpc) is 2.96. The number of nitrogens with zero attached hydrogens (tertiary/aromatic N) is 1. The Morgan fingerprint density at radius 3 is 2.60 bits per heavy atom. The minimum Gasteiger partial charge on any atom is -0.489 e. The van der Waals surface area contributed by atoms with Gasteiger partial charge in [-0.2, -0.15) is 0 Å². The van der Waals surface area contributed by atoms with Gasteiger partial charge in [-0.1, -0.05) is 29.8 Å². The number of thioether (sulfide) groups is 1. The van der Waals surface area contributed by atoms with E-state index in [0.717, 1.165) is 16.7 Å². The molecule has 1 fully saturated rings. The summed E-state index contributed by atoms with van der Waals surface area (Å²) in [6, 6.07) is 11.1. The summed E-state index contributed by atoms with van der Waals surface area (Å²) in [5, 5.41) is -0.244. The number of amides is 2. The van der Waals surface area contributed by atoms with Crippen LogP contribution in [0.25, 0.3) is 6.08 Å². The van der Waals surface area contributed by atoms with Crippen LogP contribution in [0.2, 0.25) is 5.02 Å². The summed E-state index contributed by atoms with van der Waals surface area (Å²) in [5.74, 6) is -1.15. The predicted molar refractivity (Wildman–Crippen MR) is 111 cm³/mol. The van der Waals surface area contributed by atoms with Gasteiger partial charge in [-0.3, -0.25) is 19.3 Å². The van der Waals surface area contributed by atoms with Crippen LogP contribution >= 0.6 is 23.4 Å². The first-order valence-corrected chi connectivity index (χ1v) is 10.1. The van der Waals surface area contributed by atoms with Gasteiger partial charge >= 0.3 is 5.97 Å². The molecule has 0 radical (unpaired) electrons. The molecule has 0 atom stereocenters.